The van der Waals surface area contributed by atoms with Crippen LogP contribution in [-0.4, -0.2) is 4.40 Å². The number of para-hydroxylation sites is 1. The van der Waals surface area contributed by atoms with Crippen LogP contribution in [0.1, 0.15) is 30.5 Å². The Bertz CT molecular complexity index is 1620. The van der Waals surface area contributed by atoms with Gasteiger partial charge in [0.1, 0.15) is 12.6 Å². The van der Waals surface area contributed by atoms with Crippen LogP contribution in [0.15, 0.2) is 54.7 Å². The van der Waals surface area contributed by atoms with Gasteiger partial charge in [0.05, 0.1) is 16.4 Å². The zero-order chi connectivity index (χ0) is 20.7. The Labute approximate surface area is 176 Å². The van der Waals surface area contributed by atoms with Gasteiger partial charge in [-0.25, -0.2) is 0 Å². The van der Waals surface area contributed by atoms with Gasteiger partial charge >= 0.3 is 0 Å². The first-order valence-corrected chi connectivity index (χ1v) is 11.0. The highest BCUT2D eigenvalue weighted by Crippen LogP contribution is 2.41. The molecular formula is C28H27N2+. The first kappa shape index (κ1) is 17.7. The lowest BCUT2D eigenvalue weighted by Gasteiger charge is -2.15. The van der Waals surface area contributed by atoms with Crippen molar-refractivity contribution in [3.8, 4) is 0 Å². The zero-order valence-corrected chi connectivity index (χ0v) is 18.4. The molecule has 0 amide bonds. The van der Waals surface area contributed by atoms with Gasteiger partial charge in [-0.1, -0.05) is 50.2 Å². The van der Waals surface area contributed by atoms with E-state index >= 15 is 0 Å². The number of hydrogen-bond acceptors (Lipinski definition) is 0. The van der Waals surface area contributed by atoms with E-state index in [1.807, 2.05) is 0 Å². The molecule has 0 bridgehead atoms. The van der Waals surface area contributed by atoms with Gasteiger partial charge in [-0.15, -0.1) is 0 Å². The molecule has 0 saturated heterocycles. The predicted molar refractivity (Wildman–Crippen MR) is 128 cm³/mol. The fourth-order valence-electron chi connectivity index (χ4n) is 5.56. The summed E-state index contributed by atoms with van der Waals surface area (Å²) in [5.41, 5.74) is 9.57. The van der Waals surface area contributed by atoms with Crippen molar-refractivity contribution in [3.63, 3.8) is 0 Å². The fourth-order valence-corrected chi connectivity index (χ4v) is 5.56. The highest BCUT2D eigenvalue weighted by molar-refractivity contribution is 6.26. The Morgan fingerprint density at radius 3 is 2.47 bits per heavy atom. The summed E-state index contributed by atoms with van der Waals surface area (Å²) < 4.78 is 4.87. The van der Waals surface area contributed by atoms with Gasteiger partial charge in [-0.3, -0.25) is 0 Å². The van der Waals surface area contributed by atoms with Crippen LogP contribution in [0.2, 0.25) is 0 Å². The second-order valence-corrected chi connectivity index (χ2v) is 9.35. The average molecular weight is 392 g/mol. The van der Waals surface area contributed by atoms with Crippen LogP contribution >= 0.6 is 0 Å². The lowest BCUT2D eigenvalue weighted by Crippen LogP contribution is -2.29. The summed E-state index contributed by atoms with van der Waals surface area (Å²) in [7, 11) is 2.19. The molecule has 0 aliphatic rings. The van der Waals surface area contributed by atoms with Crippen LogP contribution in [0, 0.1) is 19.8 Å². The van der Waals surface area contributed by atoms with E-state index in [4.69, 9.17) is 0 Å². The Morgan fingerprint density at radius 2 is 1.67 bits per heavy atom. The Kier molecular flexibility index (Phi) is 3.51. The van der Waals surface area contributed by atoms with Gasteiger partial charge in [-0.2, -0.15) is 4.57 Å². The van der Waals surface area contributed by atoms with E-state index in [2.05, 4.69) is 98.4 Å². The quantitative estimate of drug-likeness (QED) is 0.178. The van der Waals surface area contributed by atoms with Crippen molar-refractivity contribution in [3.05, 3.63) is 71.4 Å². The fraction of sp³-hybridized carbons (Fsp3) is 0.250. The second-order valence-electron chi connectivity index (χ2n) is 9.35. The molecule has 0 N–H and O–H groups in total. The number of aryl methyl sites for hydroxylation is 3. The van der Waals surface area contributed by atoms with Gasteiger partial charge in [0.25, 0.3) is 0 Å². The number of benzene rings is 3. The van der Waals surface area contributed by atoms with Gasteiger partial charge in [0.15, 0.2) is 6.20 Å². The minimum Gasteiger partial charge on any atom is -0.303 e. The van der Waals surface area contributed by atoms with Gasteiger partial charge in [0, 0.05) is 22.2 Å². The predicted octanol–water partition coefficient (Wildman–Crippen LogP) is 6.63. The molecule has 2 nitrogen and oxygen atoms in total. The normalized spacial score (nSPS) is 12.6. The molecule has 0 saturated carbocycles. The minimum absolute atomic E-state index is 0.619. The van der Waals surface area contributed by atoms with Crippen molar-refractivity contribution >= 4 is 49.0 Å². The van der Waals surface area contributed by atoms with E-state index in [9.17, 15) is 0 Å². The summed E-state index contributed by atoms with van der Waals surface area (Å²) in [6.07, 6.45) is 3.32. The molecule has 2 heteroatoms. The summed E-state index contributed by atoms with van der Waals surface area (Å²) >= 11 is 0. The van der Waals surface area contributed by atoms with Crippen LogP contribution in [0.25, 0.3) is 49.0 Å². The van der Waals surface area contributed by atoms with Crippen LogP contribution in [0.3, 0.4) is 0 Å². The maximum absolute atomic E-state index is 2.56. The average Bonchev–Trinajstić information content (AvgIpc) is 3.05. The van der Waals surface area contributed by atoms with Crippen molar-refractivity contribution in [2.24, 2.45) is 13.0 Å². The molecule has 0 radical (unpaired) electrons. The first-order valence-electron chi connectivity index (χ1n) is 11.0. The van der Waals surface area contributed by atoms with Crippen LogP contribution in [0.4, 0.5) is 0 Å². The molecule has 0 aliphatic carbocycles. The number of hydrogen-bond donors (Lipinski definition) is 0. The van der Waals surface area contributed by atoms with Crippen molar-refractivity contribution < 1.29 is 4.57 Å². The molecule has 6 rings (SSSR count). The minimum atomic E-state index is 0.619. The molecule has 0 aliphatic heterocycles. The van der Waals surface area contributed by atoms with E-state index in [1.54, 1.807) is 0 Å². The first-order chi connectivity index (χ1) is 14.5. The number of nitrogens with zero attached hydrogens (tertiary/aromatic N) is 2. The molecule has 3 aromatic carbocycles. The van der Waals surface area contributed by atoms with E-state index in [1.165, 1.54) is 65.7 Å². The molecule has 3 heterocycles. The smallest absolute Gasteiger partial charge is 0.238 e. The van der Waals surface area contributed by atoms with Crippen LogP contribution < -0.4 is 4.57 Å². The Morgan fingerprint density at radius 1 is 0.900 bits per heavy atom. The monoisotopic (exact) mass is 391 g/mol. The molecule has 3 aromatic heterocycles. The van der Waals surface area contributed by atoms with E-state index < -0.39 is 0 Å². The molecule has 148 valence electrons. The van der Waals surface area contributed by atoms with Gasteiger partial charge < -0.3 is 4.40 Å². The molecular weight excluding hydrogens is 364 g/mol. The molecule has 30 heavy (non-hydrogen) atoms. The summed E-state index contributed by atoms with van der Waals surface area (Å²) in [5, 5.41) is 6.83. The van der Waals surface area contributed by atoms with E-state index in [-0.39, 0.29) is 0 Å². The number of rotatable bonds is 2. The van der Waals surface area contributed by atoms with Crippen LogP contribution in [0.5, 0.6) is 0 Å². The topological polar surface area (TPSA) is 8.29 Å². The second kappa shape index (κ2) is 5.95. The standard InChI is InChI=1S/C28H27N2/c1-16(2)14-20-9-6-10-21-22-12-13-29(5)28-24-18(4)17(3)15-19-8-7-11-23(25(19)24)30(26(20)21)27(22)28/h6-13,15-16H,14H2,1-5H3/q+1. The lowest BCUT2D eigenvalue weighted by molar-refractivity contribution is -0.644. The maximum Gasteiger partial charge on any atom is 0.238 e. The number of pyridine rings is 2. The lowest BCUT2D eigenvalue weighted by atomic mass is 9.94. The van der Waals surface area contributed by atoms with Crippen molar-refractivity contribution in [1.82, 2.24) is 4.40 Å². The summed E-state index contributed by atoms with van der Waals surface area (Å²) in [5.74, 6) is 0.619. The van der Waals surface area contributed by atoms with Crippen molar-refractivity contribution in [1.29, 1.82) is 0 Å². The Hall–Kier alpha value is -3.13. The van der Waals surface area contributed by atoms with Crippen molar-refractivity contribution in [2.75, 3.05) is 0 Å². The van der Waals surface area contributed by atoms with Crippen LogP contribution in [-0.2, 0) is 13.5 Å². The third kappa shape index (κ3) is 2.11. The largest absolute Gasteiger partial charge is 0.303 e. The number of aromatic nitrogens is 2. The summed E-state index contributed by atoms with van der Waals surface area (Å²) in [4.78, 5) is 0. The third-order valence-electron chi connectivity index (χ3n) is 6.92. The van der Waals surface area contributed by atoms with E-state index in [0.717, 1.165) is 6.42 Å². The molecule has 0 atom stereocenters. The molecule has 0 unspecified atom stereocenters. The Balaban J connectivity index is 2.04. The summed E-state index contributed by atoms with van der Waals surface area (Å²) in [6, 6.07) is 18.3. The third-order valence-corrected chi connectivity index (χ3v) is 6.92. The van der Waals surface area contributed by atoms with E-state index in [0.29, 0.717) is 5.92 Å². The summed E-state index contributed by atoms with van der Waals surface area (Å²) in [6.45, 7) is 9.14. The highest BCUT2D eigenvalue weighted by Gasteiger charge is 2.25. The maximum atomic E-state index is 2.56. The molecule has 0 fully saturated rings. The zero-order valence-electron chi connectivity index (χ0n) is 18.4. The highest BCUT2D eigenvalue weighted by atomic mass is 15.0. The van der Waals surface area contributed by atoms with Gasteiger partial charge in [-0.05, 0) is 54.3 Å². The molecule has 6 aromatic rings. The number of fused-ring (bicyclic) bond motifs is 5. The van der Waals surface area contributed by atoms with Crippen molar-refractivity contribution in [2.45, 2.75) is 34.1 Å². The molecule has 0 spiro atoms. The van der Waals surface area contributed by atoms with Gasteiger partial charge in [0.2, 0.25) is 5.52 Å². The SMILES string of the molecule is Cc1cc2cccc3c2c(c1C)c1c2c(cc[n+]1C)c1cccc(CC(C)C)c1n32.